The lowest BCUT2D eigenvalue weighted by Gasteiger charge is -2.48. The van der Waals surface area contributed by atoms with Gasteiger partial charge in [-0.05, 0) is 60.4 Å². The van der Waals surface area contributed by atoms with Gasteiger partial charge in [-0.2, -0.15) is 0 Å². The molecule has 1 aliphatic rings. The molecular formula is C30H26ClNO4. The normalized spacial score (nSPS) is 18.1. The number of phenolic OH excluding ortho intramolecular Hbond substituents is 2. The van der Waals surface area contributed by atoms with E-state index >= 15 is 0 Å². The third kappa shape index (κ3) is 4.55. The maximum absolute atomic E-state index is 13.3. The molecule has 0 aromatic heterocycles. The van der Waals surface area contributed by atoms with Crippen LogP contribution in [-0.4, -0.2) is 21.2 Å². The molecule has 1 aliphatic heterocycles. The Hall–Kier alpha value is -3.80. The Labute approximate surface area is 214 Å². The van der Waals surface area contributed by atoms with Gasteiger partial charge in [0.2, 0.25) is 5.91 Å². The van der Waals surface area contributed by atoms with Gasteiger partial charge >= 0.3 is 0 Å². The van der Waals surface area contributed by atoms with Crippen molar-refractivity contribution in [3.63, 3.8) is 0 Å². The van der Waals surface area contributed by atoms with Crippen molar-refractivity contribution in [3.05, 3.63) is 113 Å². The van der Waals surface area contributed by atoms with Crippen LogP contribution in [0.3, 0.4) is 0 Å². The van der Waals surface area contributed by atoms with Gasteiger partial charge in [-0.25, -0.2) is 0 Å². The molecule has 3 atom stereocenters. The molecule has 182 valence electrons. The molecule has 1 saturated heterocycles. The second-order valence-corrected chi connectivity index (χ2v) is 9.47. The van der Waals surface area contributed by atoms with E-state index in [1.165, 1.54) is 0 Å². The summed E-state index contributed by atoms with van der Waals surface area (Å²) in [5.74, 6) is -0.272. The van der Waals surface area contributed by atoms with Gasteiger partial charge in [0.25, 0.3) is 0 Å². The van der Waals surface area contributed by atoms with Crippen LogP contribution in [0.5, 0.6) is 11.5 Å². The number of rotatable bonds is 7. The summed E-state index contributed by atoms with van der Waals surface area (Å²) in [5, 5.41) is 32.6. The molecule has 0 radical (unpaired) electrons. The monoisotopic (exact) mass is 499 g/mol. The van der Waals surface area contributed by atoms with Crippen LogP contribution in [0.25, 0.3) is 11.1 Å². The summed E-state index contributed by atoms with van der Waals surface area (Å²) >= 11 is 6.07. The molecule has 4 aromatic rings. The number of amides is 1. The predicted octanol–water partition coefficient (Wildman–Crippen LogP) is 6.64. The first kappa shape index (κ1) is 23.9. The van der Waals surface area contributed by atoms with E-state index in [1.54, 1.807) is 47.4 Å². The molecule has 0 bridgehead atoms. The van der Waals surface area contributed by atoms with Crippen molar-refractivity contribution >= 4 is 23.2 Å². The Bertz CT molecular complexity index is 1390. The summed E-state index contributed by atoms with van der Waals surface area (Å²) < 4.78 is 0. The fourth-order valence-electron chi connectivity index (χ4n) is 4.96. The van der Waals surface area contributed by atoms with E-state index in [4.69, 9.17) is 11.6 Å². The summed E-state index contributed by atoms with van der Waals surface area (Å²) in [6, 6.07) is 28.3. The molecule has 1 heterocycles. The van der Waals surface area contributed by atoms with Gasteiger partial charge in [0.05, 0.1) is 18.1 Å². The van der Waals surface area contributed by atoms with Crippen LogP contribution < -0.4 is 4.90 Å². The standard InChI is InChI=1S/C30H26ClNO4/c31-21-8-6-7-20(17-21)26(33)16-15-25-29(32(30(25)36)22-9-2-1-3-10-22)24-14-13-19(18-28(24)35)23-11-4-5-12-27(23)34/h1-14,17-18,25-26,29,33-35H,15-16H2/t25-,26+,29-/m1/s1. The van der Waals surface area contributed by atoms with Gasteiger partial charge in [-0.3, -0.25) is 4.79 Å². The average Bonchev–Trinajstić information content (AvgIpc) is 2.88. The van der Waals surface area contributed by atoms with Crippen molar-refractivity contribution in [3.8, 4) is 22.6 Å². The van der Waals surface area contributed by atoms with Crippen LogP contribution in [0, 0.1) is 5.92 Å². The first-order valence-electron chi connectivity index (χ1n) is 11.9. The minimum Gasteiger partial charge on any atom is -0.508 e. The van der Waals surface area contributed by atoms with Crippen LogP contribution in [0.4, 0.5) is 5.69 Å². The Morgan fingerprint density at radius 1 is 0.833 bits per heavy atom. The molecule has 1 amide bonds. The maximum atomic E-state index is 13.3. The minimum absolute atomic E-state index is 0.0475. The maximum Gasteiger partial charge on any atom is 0.233 e. The lowest BCUT2D eigenvalue weighted by atomic mass is 9.77. The number of anilines is 1. The highest BCUT2D eigenvalue weighted by molar-refractivity contribution is 6.30. The molecular weight excluding hydrogens is 474 g/mol. The first-order valence-corrected chi connectivity index (χ1v) is 12.2. The van der Waals surface area contributed by atoms with Crippen molar-refractivity contribution in [2.75, 3.05) is 4.90 Å². The number of halogens is 1. The van der Waals surface area contributed by atoms with E-state index < -0.39 is 12.0 Å². The van der Waals surface area contributed by atoms with E-state index in [2.05, 4.69) is 0 Å². The van der Waals surface area contributed by atoms with Crippen molar-refractivity contribution < 1.29 is 20.1 Å². The number of carbonyl (C=O) groups is 1. The Kier molecular flexibility index (Phi) is 6.68. The predicted molar refractivity (Wildman–Crippen MR) is 141 cm³/mol. The number of carbonyl (C=O) groups excluding carboxylic acids is 1. The zero-order chi connectivity index (χ0) is 25.2. The third-order valence-corrected chi connectivity index (χ3v) is 7.03. The number of benzene rings is 4. The van der Waals surface area contributed by atoms with Crippen molar-refractivity contribution in [2.24, 2.45) is 5.92 Å². The molecule has 6 heteroatoms. The quantitative estimate of drug-likeness (QED) is 0.249. The number of hydrogen-bond acceptors (Lipinski definition) is 4. The topological polar surface area (TPSA) is 81.0 Å². The summed E-state index contributed by atoms with van der Waals surface area (Å²) in [5.41, 5.74) is 3.38. The van der Waals surface area contributed by atoms with Gasteiger partial charge in [0.15, 0.2) is 0 Å². The van der Waals surface area contributed by atoms with Gasteiger partial charge in [0, 0.05) is 21.8 Å². The van der Waals surface area contributed by atoms with Gasteiger partial charge < -0.3 is 20.2 Å². The fourth-order valence-corrected chi connectivity index (χ4v) is 5.16. The highest BCUT2D eigenvalue weighted by atomic mass is 35.5. The van der Waals surface area contributed by atoms with Gasteiger partial charge in [-0.1, -0.05) is 72.3 Å². The van der Waals surface area contributed by atoms with E-state index in [9.17, 15) is 20.1 Å². The molecule has 36 heavy (non-hydrogen) atoms. The molecule has 1 fully saturated rings. The van der Waals surface area contributed by atoms with Crippen molar-refractivity contribution in [1.29, 1.82) is 0 Å². The summed E-state index contributed by atoms with van der Waals surface area (Å²) in [6.07, 6.45) is 0.0771. The molecule has 0 unspecified atom stereocenters. The van der Waals surface area contributed by atoms with Gasteiger partial charge in [0.1, 0.15) is 11.5 Å². The Morgan fingerprint density at radius 3 is 2.31 bits per heavy atom. The lowest BCUT2D eigenvalue weighted by molar-refractivity contribution is -0.131. The van der Waals surface area contributed by atoms with Crippen LogP contribution in [-0.2, 0) is 4.79 Å². The number of aliphatic hydroxyl groups excluding tert-OH is 1. The zero-order valence-electron chi connectivity index (χ0n) is 19.5. The van der Waals surface area contributed by atoms with Crippen molar-refractivity contribution in [1.82, 2.24) is 0 Å². The minimum atomic E-state index is -0.750. The smallest absolute Gasteiger partial charge is 0.233 e. The highest BCUT2D eigenvalue weighted by Gasteiger charge is 2.49. The first-order chi connectivity index (χ1) is 17.4. The number of para-hydroxylation sites is 2. The number of phenols is 2. The number of β-lactam (4-membered cyclic amide) rings is 1. The van der Waals surface area contributed by atoms with E-state index in [0.717, 1.165) is 5.69 Å². The summed E-state index contributed by atoms with van der Waals surface area (Å²) in [6.45, 7) is 0. The molecule has 4 aromatic carbocycles. The Balaban J connectivity index is 1.44. The molecule has 5 rings (SSSR count). The third-order valence-electron chi connectivity index (χ3n) is 6.80. The summed E-state index contributed by atoms with van der Waals surface area (Å²) in [4.78, 5) is 15.0. The van der Waals surface area contributed by atoms with Crippen molar-refractivity contribution in [2.45, 2.75) is 25.0 Å². The second kappa shape index (κ2) is 10.1. The van der Waals surface area contributed by atoms with E-state index in [0.29, 0.717) is 40.1 Å². The second-order valence-electron chi connectivity index (χ2n) is 9.03. The van der Waals surface area contributed by atoms with Crippen LogP contribution in [0.15, 0.2) is 97.1 Å². The summed E-state index contributed by atoms with van der Waals surface area (Å²) in [7, 11) is 0. The highest BCUT2D eigenvalue weighted by Crippen LogP contribution is 2.49. The van der Waals surface area contributed by atoms with Crippen LogP contribution >= 0.6 is 11.6 Å². The van der Waals surface area contributed by atoms with Crippen LogP contribution in [0.2, 0.25) is 5.02 Å². The van der Waals surface area contributed by atoms with E-state index in [1.807, 2.05) is 54.6 Å². The molecule has 0 spiro atoms. The largest absolute Gasteiger partial charge is 0.508 e. The average molecular weight is 500 g/mol. The Morgan fingerprint density at radius 2 is 1.58 bits per heavy atom. The SMILES string of the molecule is O=C1[C@H](CC[C@H](O)c2cccc(Cl)c2)[C@@H](c2ccc(-c3ccccc3O)cc2O)N1c1ccccc1. The molecule has 0 saturated carbocycles. The molecule has 5 nitrogen and oxygen atoms in total. The van der Waals surface area contributed by atoms with Crippen LogP contribution in [0.1, 0.15) is 36.1 Å². The lowest BCUT2D eigenvalue weighted by Crippen LogP contribution is -2.55. The number of aromatic hydroxyl groups is 2. The fraction of sp³-hybridized carbons (Fsp3) is 0.167. The number of aliphatic hydroxyl groups is 1. The molecule has 3 N–H and O–H groups in total. The zero-order valence-corrected chi connectivity index (χ0v) is 20.2. The molecule has 0 aliphatic carbocycles. The van der Waals surface area contributed by atoms with E-state index in [-0.39, 0.29) is 23.4 Å². The van der Waals surface area contributed by atoms with Gasteiger partial charge in [-0.15, -0.1) is 0 Å². The number of hydrogen-bond donors (Lipinski definition) is 3. The number of nitrogens with zero attached hydrogens (tertiary/aromatic N) is 1.